The number of halogens is 2. The van der Waals surface area contributed by atoms with E-state index in [4.69, 9.17) is 10.6 Å². The minimum absolute atomic E-state index is 0.0867. The average Bonchev–Trinajstić information content (AvgIpc) is 4.19. The molecule has 3 aromatic rings. The number of Topliss-reactive ketones (excluding diaryl/α,β-unsaturated/α-hetero) is 1. The summed E-state index contributed by atoms with van der Waals surface area (Å²) in [5, 5.41) is 34.3. The number of hydroxylamine groups is 2. The van der Waals surface area contributed by atoms with Crippen LogP contribution in [0.4, 0.5) is 8.78 Å². The Labute approximate surface area is 469 Å². The molecule has 0 saturated carbocycles. The second-order valence-electron chi connectivity index (χ2n) is 20.2. The van der Waals surface area contributed by atoms with Crippen molar-refractivity contribution in [2.45, 2.75) is 123 Å². The third-order valence-corrected chi connectivity index (χ3v) is 12.5. The van der Waals surface area contributed by atoms with Crippen molar-refractivity contribution in [1.29, 1.82) is 0 Å². The van der Waals surface area contributed by atoms with E-state index in [1.165, 1.54) is 11.8 Å². The molecule has 1 aliphatic rings. The van der Waals surface area contributed by atoms with Gasteiger partial charge in [0.15, 0.2) is 0 Å². The highest BCUT2D eigenvalue weighted by atomic mass is 19.1. The monoisotopic (exact) mass is 1150 g/mol. The number of carbonyl (C=O) groups is 13. The molecular formula is C54H68F2N10O16. The van der Waals surface area contributed by atoms with E-state index in [0.29, 0.717) is 10.8 Å². The number of aliphatic hydroxyl groups excluding tert-OH is 1. The Balaban J connectivity index is 1.56. The van der Waals surface area contributed by atoms with Crippen molar-refractivity contribution in [2.75, 3.05) is 32.8 Å². The Morgan fingerprint density at radius 2 is 1.39 bits per heavy atom. The van der Waals surface area contributed by atoms with Crippen LogP contribution >= 0.6 is 0 Å². The normalized spacial score (nSPS) is 13.6. The quantitative estimate of drug-likeness (QED) is 0.0374. The first kappa shape index (κ1) is 65.6. The van der Waals surface area contributed by atoms with Crippen LogP contribution in [0.15, 0.2) is 60.8 Å². The van der Waals surface area contributed by atoms with Crippen molar-refractivity contribution in [3.8, 4) is 11.1 Å². The number of hydrogen-bond acceptors (Lipinski definition) is 15. The van der Waals surface area contributed by atoms with E-state index in [0.717, 1.165) is 23.8 Å². The van der Waals surface area contributed by atoms with E-state index in [1.807, 2.05) is 12.1 Å². The number of ketones is 1. The van der Waals surface area contributed by atoms with Gasteiger partial charge in [0.1, 0.15) is 42.2 Å². The molecule has 0 bridgehead atoms. The van der Waals surface area contributed by atoms with E-state index in [1.54, 1.807) is 55.8 Å². The molecule has 1 saturated heterocycles. The Morgan fingerprint density at radius 1 is 0.744 bits per heavy atom. The first-order chi connectivity index (χ1) is 38.7. The van der Waals surface area contributed by atoms with Gasteiger partial charge in [0.2, 0.25) is 47.3 Å². The van der Waals surface area contributed by atoms with Gasteiger partial charge >= 0.3 is 11.9 Å². The maximum atomic E-state index is 15.4. The number of nitrogens with two attached hydrogens (primary N) is 1. The van der Waals surface area contributed by atoms with Gasteiger partial charge in [0, 0.05) is 81.2 Å². The largest absolute Gasteiger partial charge is 0.480 e. The number of rotatable bonds is 32. The topological polar surface area (TPSA) is 381 Å². The van der Waals surface area contributed by atoms with Gasteiger partial charge < -0.3 is 66.9 Å². The molecule has 0 spiro atoms. The Hall–Kier alpha value is -8.95. The van der Waals surface area contributed by atoms with Crippen LogP contribution in [0.1, 0.15) is 109 Å². The molecule has 1 aliphatic heterocycles. The summed E-state index contributed by atoms with van der Waals surface area (Å²) >= 11 is 0. The lowest BCUT2D eigenvalue weighted by Gasteiger charge is -2.41. The minimum Gasteiger partial charge on any atom is -0.480 e. The molecule has 82 heavy (non-hydrogen) atoms. The molecule has 4 atom stereocenters. The first-order valence-electron chi connectivity index (χ1n) is 26.0. The summed E-state index contributed by atoms with van der Waals surface area (Å²) in [6.07, 6.45) is -1.59. The van der Waals surface area contributed by atoms with Crippen LogP contribution in [0.3, 0.4) is 0 Å². The van der Waals surface area contributed by atoms with Crippen LogP contribution in [0.25, 0.3) is 11.1 Å². The van der Waals surface area contributed by atoms with E-state index >= 15 is 4.39 Å². The van der Waals surface area contributed by atoms with Crippen LogP contribution in [0.2, 0.25) is 0 Å². The Kier molecular flexibility index (Phi) is 24.9. The summed E-state index contributed by atoms with van der Waals surface area (Å²) in [7, 11) is 0. The molecule has 1 fully saturated rings. The standard InChI is InChI=1S/C54H68F2N10O16/c1-31(68)13-16-38(53(80)81)61-43(71)19-21-58-51(78)37(63-52(79)39(25-41(57)69)62-45(73)27-60-44(72)26-59-42(70)11-8-12-49(77)82-66-46(74)17-18-47(66)75)20-22-65(48(76)30-67)50(54(2,3)4)40-23-33(35-24-34(55)14-15-36(35)56)29-64(40)28-32-9-6-5-7-10-32/h5-7,9-10,14-15,23-24,29,37-39,50,67H,8,11-13,16-22,25-28,30H2,1-4H3,(H2,57,69)(H,58,78)(H,59,70)(H,60,72)(H,61,71)(H,62,73)(H,63,79)(H,80,81)/t37?,38-,39?,50?/m0/s1. The SMILES string of the molecule is CC(=O)CC[C@H](NC(=O)CCNC(=O)C(CCN(C(=O)CO)C(c1cc(-c2cc(F)ccc2F)cn1Cc1ccccc1)C(C)(C)C)NC(=O)C(CC(N)=O)NC(=O)CNC(=O)CNC(=O)CCCC(=O)ON1C(=O)CCC1=O)C(=O)O. The van der Waals surface area contributed by atoms with Gasteiger partial charge in [-0.25, -0.2) is 18.4 Å². The zero-order chi connectivity index (χ0) is 60.8. The second kappa shape index (κ2) is 31.2. The fraction of sp³-hybridized carbons (Fsp3) is 0.463. The van der Waals surface area contributed by atoms with Crippen molar-refractivity contribution in [3.63, 3.8) is 0 Å². The number of nitrogens with one attached hydrogen (secondary N) is 6. The maximum Gasteiger partial charge on any atom is 0.333 e. The Bertz CT molecular complexity index is 2860. The van der Waals surface area contributed by atoms with Crippen LogP contribution in [-0.2, 0) is 73.7 Å². The van der Waals surface area contributed by atoms with E-state index in [2.05, 4.69) is 31.9 Å². The zero-order valence-electron chi connectivity index (χ0n) is 45.7. The number of carboxylic acid groups (broad SMARTS) is 1. The summed E-state index contributed by atoms with van der Waals surface area (Å²) in [4.78, 5) is 170. The zero-order valence-corrected chi connectivity index (χ0v) is 45.7. The number of amides is 10. The fourth-order valence-corrected chi connectivity index (χ4v) is 8.57. The van der Waals surface area contributed by atoms with Crippen LogP contribution in [0.5, 0.6) is 0 Å². The van der Waals surface area contributed by atoms with Gasteiger partial charge in [-0.3, -0.25) is 47.9 Å². The summed E-state index contributed by atoms with van der Waals surface area (Å²) in [6, 6.07) is 7.51. The van der Waals surface area contributed by atoms with Gasteiger partial charge in [-0.15, -0.1) is 5.06 Å². The van der Waals surface area contributed by atoms with Crippen molar-refractivity contribution >= 4 is 76.8 Å². The number of carbonyl (C=O) groups excluding carboxylic acids is 12. The van der Waals surface area contributed by atoms with Gasteiger partial charge in [-0.05, 0) is 61.4 Å². The third-order valence-electron chi connectivity index (χ3n) is 12.5. The number of aliphatic carboxylic acids is 1. The third kappa shape index (κ3) is 20.9. The molecule has 4 rings (SSSR count). The molecule has 26 nitrogen and oxygen atoms in total. The predicted octanol–water partition coefficient (Wildman–Crippen LogP) is 0.0796. The summed E-state index contributed by atoms with van der Waals surface area (Å²) in [6.45, 7) is 3.22. The van der Waals surface area contributed by atoms with Crippen LogP contribution in [-0.4, -0.2) is 152 Å². The first-order valence-corrected chi connectivity index (χ1v) is 26.0. The molecule has 28 heteroatoms. The Morgan fingerprint density at radius 3 is 2.01 bits per heavy atom. The number of nitrogens with zero attached hydrogens (tertiary/aromatic N) is 3. The summed E-state index contributed by atoms with van der Waals surface area (Å²) in [5.41, 5.74) is 5.78. The number of aliphatic hydroxyl groups is 1. The highest BCUT2D eigenvalue weighted by Gasteiger charge is 2.39. The number of hydrogen-bond donors (Lipinski definition) is 9. The predicted molar refractivity (Wildman–Crippen MR) is 283 cm³/mol. The highest BCUT2D eigenvalue weighted by molar-refractivity contribution is 6.01. The molecule has 0 aliphatic carbocycles. The molecule has 2 aromatic carbocycles. The number of aromatic nitrogens is 1. The number of primary amides is 1. The lowest BCUT2D eigenvalue weighted by atomic mass is 9.82. The van der Waals surface area contributed by atoms with Crippen LogP contribution < -0.4 is 37.6 Å². The van der Waals surface area contributed by atoms with Gasteiger partial charge in [0.05, 0.1) is 25.6 Å². The molecule has 1 aromatic heterocycles. The maximum absolute atomic E-state index is 15.4. The molecule has 0 radical (unpaired) electrons. The van der Waals surface area contributed by atoms with Crippen molar-refractivity contribution in [2.24, 2.45) is 11.1 Å². The number of imide groups is 1. The van der Waals surface area contributed by atoms with Crippen molar-refractivity contribution < 1.29 is 86.2 Å². The lowest BCUT2D eigenvalue weighted by molar-refractivity contribution is -0.197. The summed E-state index contributed by atoms with van der Waals surface area (Å²) < 4.78 is 31.7. The van der Waals surface area contributed by atoms with E-state index < -0.39 is 164 Å². The smallest absolute Gasteiger partial charge is 0.333 e. The molecule has 444 valence electrons. The molecule has 2 heterocycles. The number of benzene rings is 2. The second-order valence-corrected chi connectivity index (χ2v) is 20.2. The minimum atomic E-state index is -1.82. The van der Waals surface area contributed by atoms with Crippen LogP contribution in [0, 0.1) is 17.0 Å². The average molecular weight is 1150 g/mol. The van der Waals surface area contributed by atoms with Crippen molar-refractivity contribution in [3.05, 3.63) is 83.7 Å². The number of carboxylic acids is 1. The van der Waals surface area contributed by atoms with Crippen molar-refractivity contribution in [1.82, 2.24) is 46.4 Å². The summed E-state index contributed by atoms with van der Waals surface area (Å²) in [5.74, 6) is -13.2. The van der Waals surface area contributed by atoms with Gasteiger partial charge in [-0.1, -0.05) is 51.1 Å². The molecule has 10 N–H and O–H groups in total. The highest BCUT2D eigenvalue weighted by Crippen LogP contribution is 2.41. The lowest BCUT2D eigenvalue weighted by Crippen LogP contribution is -2.56. The fourth-order valence-electron chi connectivity index (χ4n) is 8.57. The molecular weight excluding hydrogens is 1080 g/mol. The molecule has 3 unspecified atom stereocenters. The van der Waals surface area contributed by atoms with E-state index in [-0.39, 0.29) is 68.4 Å². The van der Waals surface area contributed by atoms with Gasteiger partial charge in [-0.2, -0.15) is 0 Å². The van der Waals surface area contributed by atoms with E-state index in [9.17, 15) is 76.9 Å². The van der Waals surface area contributed by atoms with Gasteiger partial charge in [0.25, 0.3) is 11.8 Å². The molecule has 10 amide bonds.